The molecular formula is C14H19N3O. The average Bonchev–Trinajstić information content (AvgIpc) is 3.02. The van der Waals surface area contributed by atoms with E-state index in [0.29, 0.717) is 12.3 Å². The van der Waals surface area contributed by atoms with E-state index in [-0.39, 0.29) is 5.91 Å². The van der Waals surface area contributed by atoms with Gasteiger partial charge in [-0.2, -0.15) is 0 Å². The summed E-state index contributed by atoms with van der Waals surface area (Å²) < 4.78 is 0. The molecule has 2 saturated heterocycles. The summed E-state index contributed by atoms with van der Waals surface area (Å²) in [5, 5.41) is 7.15. The van der Waals surface area contributed by atoms with Crippen molar-refractivity contribution in [3.8, 4) is 0 Å². The fourth-order valence-corrected chi connectivity index (χ4v) is 2.81. The Morgan fingerprint density at radius 1 is 1.28 bits per heavy atom. The fourth-order valence-electron chi connectivity index (χ4n) is 2.81. The van der Waals surface area contributed by atoms with E-state index in [1.54, 1.807) is 5.01 Å². The van der Waals surface area contributed by atoms with Crippen molar-refractivity contribution in [3.05, 3.63) is 29.8 Å². The lowest BCUT2D eigenvalue weighted by molar-refractivity contribution is -0.126. The molecule has 18 heavy (non-hydrogen) atoms. The lowest BCUT2D eigenvalue weighted by atomic mass is 9.98. The lowest BCUT2D eigenvalue weighted by Crippen LogP contribution is -2.35. The van der Waals surface area contributed by atoms with Crippen molar-refractivity contribution < 1.29 is 4.79 Å². The summed E-state index contributed by atoms with van der Waals surface area (Å²) in [4.78, 5) is 11.5. The van der Waals surface area contributed by atoms with Gasteiger partial charge in [0.05, 0.1) is 5.69 Å². The standard InChI is InChI=1S/C14H19N3O/c1-16-14(18)7-9-17(16)13-4-2-11(3-5-13)12-6-8-15-10-12/h2-5,12,15H,6-10H2,1H3. The number of hydrogen-bond donors (Lipinski definition) is 1. The number of nitrogens with one attached hydrogen (secondary N) is 1. The van der Waals surface area contributed by atoms with Crippen LogP contribution in [0.2, 0.25) is 0 Å². The highest BCUT2D eigenvalue weighted by molar-refractivity contribution is 5.81. The predicted molar refractivity (Wildman–Crippen MR) is 71.4 cm³/mol. The second-order valence-corrected chi connectivity index (χ2v) is 5.07. The summed E-state index contributed by atoms with van der Waals surface area (Å²) in [6, 6.07) is 8.65. The third kappa shape index (κ3) is 1.97. The van der Waals surface area contributed by atoms with Gasteiger partial charge in [-0.3, -0.25) is 14.8 Å². The third-order valence-corrected chi connectivity index (χ3v) is 3.98. The number of benzene rings is 1. The van der Waals surface area contributed by atoms with E-state index >= 15 is 0 Å². The first-order chi connectivity index (χ1) is 8.75. The van der Waals surface area contributed by atoms with Gasteiger partial charge >= 0.3 is 0 Å². The molecule has 1 unspecified atom stereocenters. The summed E-state index contributed by atoms with van der Waals surface area (Å²) in [7, 11) is 1.84. The van der Waals surface area contributed by atoms with Crippen LogP contribution in [0.25, 0.3) is 0 Å². The highest BCUT2D eigenvalue weighted by atomic mass is 16.2. The van der Waals surface area contributed by atoms with Gasteiger partial charge in [0.2, 0.25) is 5.91 Å². The largest absolute Gasteiger partial charge is 0.316 e. The Hall–Kier alpha value is -1.55. The molecule has 1 amide bonds. The third-order valence-electron chi connectivity index (χ3n) is 3.98. The van der Waals surface area contributed by atoms with Gasteiger partial charge in [0.15, 0.2) is 0 Å². The first kappa shape index (κ1) is 11.5. The Kier molecular flexibility index (Phi) is 2.96. The van der Waals surface area contributed by atoms with E-state index in [1.165, 1.54) is 12.0 Å². The van der Waals surface area contributed by atoms with Crippen LogP contribution in [0.5, 0.6) is 0 Å². The molecule has 1 N–H and O–H groups in total. The van der Waals surface area contributed by atoms with Gasteiger partial charge in [0.25, 0.3) is 0 Å². The van der Waals surface area contributed by atoms with Gasteiger partial charge in [-0.25, -0.2) is 0 Å². The second kappa shape index (κ2) is 4.61. The Labute approximate surface area is 108 Å². The molecule has 0 spiro atoms. The van der Waals surface area contributed by atoms with Crippen LogP contribution in [0.3, 0.4) is 0 Å². The summed E-state index contributed by atoms with van der Waals surface area (Å²) in [6.45, 7) is 3.00. The number of carbonyl (C=O) groups is 1. The summed E-state index contributed by atoms with van der Waals surface area (Å²) in [5.74, 6) is 0.844. The van der Waals surface area contributed by atoms with Crippen LogP contribution < -0.4 is 10.3 Å². The van der Waals surface area contributed by atoms with Crippen LogP contribution in [-0.2, 0) is 4.79 Å². The first-order valence-corrected chi connectivity index (χ1v) is 6.60. The molecule has 0 bridgehead atoms. The molecule has 2 fully saturated rings. The number of anilines is 1. The maximum Gasteiger partial charge on any atom is 0.242 e. The van der Waals surface area contributed by atoms with Crippen molar-refractivity contribution in [1.29, 1.82) is 0 Å². The van der Waals surface area contributed by atoms with E-state index in [1.807, 2.05) is 12.1 Å². The van der Waals surface area contributed by atoms with E-state index in [9.17, 15) is 4.79 Å². The smallest absolute Gasteiger partial charge is 0.242 e. The van der Waals surface area contributed by atoms with Crippen LogP contribution >= 0.6 is 0 Å². The number of hydrogen-bond acceptors (Lipinski definition) is 3. The Balaban J connectivity index is 1.76. The molecule has 1 aromatic carbocycles. The zero-order valence-electron chi connectivity index (χ0n) is 10.7. The van der Waals surface area contributed by atoms with Crippen LogP contribution in [-0.4, -0.2) is 37.6 Å². The summed E-state index contributed by atoms with van der Waals surface area (Å²) in [5.41, 5.74) is 2.51. The van der Waals surface area contributed by atoms with E-state index in [2.05, 4.69) is 29.6 Å². The number of rotatable bonds is 2. The number of amides is 1. The molecule has 96 valence electrons. The molecule has 4 heteroatoms. The normalized spacial score (nSPS) is 24.1. The molecule has 1 atom stereocenters. The van der Waals surface area contributed by atoms with Gasteiger partial charge in [-0.1, -0.05) is 12.1 Å². The average molecular weight is 245 g/mol. The highest BCUT2D eigenvalue weighted by Gasteiger charge is 2.25. The minimum Gasteiger partial charge on any atom is -0.316 e. The van der Waals surface area contributed by atoms with Gasteiger partial charge < -0.3 is 5.32 Å². The van der Waals surface area contributed by atoms with Crippen LogP contribution in [0, 0.1) is 0 Å². The fraction of sp³-hybridized carbons (Fsp3) is 0.500. The van der Waals surface area contributed by atoms with Crippen LogP contribution in [0.15, 0.2) is 24.3 Å². The highest BCUT2D eigenvalue weighted by Crippen LogP contribution is 2.26. The minimum atomic E-state index is 0.194. The Bertz CT molecular complexity index is 437. The molecule has 2 aliphatic heterocycles. The molecule has 1 aromatic rings. The molecule has 0 aromatic heterocycles. The monoisotopic (exact) mass is 245 g/mol. The van der Waals surface area contributed by atoms with Gasteiger partial charge in [0.1, 0.15) is 0 Å². The SMILES string of the molecule is CN1C(=O)CCN1c1ccc(C2CCNC2)cc1. The van der Waals surface area contributed by atoms with Crippen LogP contribution in [0.4, 0.5) is 5.69 Å². The first-order valence-electron chi connectivity index (χ1n) is 6.60. The minimum absolute atomic E-state index is 0.194. The number of nitrogens with zero attached hydrogens (tertiary/aromatic N) is 2. The zero-order chi connectivity index (χ0) is 12.5. The van der Waals surface area contributed by atoms with Gasteiger partial charge in [0, 0.05) is 26.6 Å². The molecule has 2 heterocycles. The molecule has 0 radical (unpaired) electrons. The van der Waals surface area contributed by atoms with Crippen molar-refractivity contribution >= 4 is 11.6 Å². The second-order valence-electron chi connectivity index (χ2n) is 5.07. The van der Waals surface area contributed by atoms with Crippen molar-refractivity contribution in [2.45, 2.75) is 18.8 Å². The van der Waals surface area contributed by atoms with Gasteiger partial charge in [-0.05, 0) is 36.6 Å². The van der Waals surface area contributed by atoms with E-state index in [0.717, 1.165) is 25.3 Å². The molecule has 0 aliphatic carbocycles. The molecule has 3 rings (SSSR count). The summed E-state index contributed by atoms with van der Waals surface area (Å²) in [6.07, 6.45) is 1.84. The predicted octanol–water partition coefficient (Wildman–Crippen LogP) is 1.35. The maximum absolute atomic E-state index is 11.5. The van der Waals surface area contributed by atoms with Crippen molar-refractivity contribution in [2.24, 2.45) is 0 Å². The number of carbonyl (C=O) groups excluding carboxylic acids is 1. The molecule has 4 nitrogen and oxygen atoms in total. The van der Waals surface area contributed by atoms with Crippen molar-refractivity contribution in [1.82, 2.24) is 10.3 Å². The van der Waals surface area contributed by atoms with E-state index < -0.39 is 0 Å². The maximum atomic E-state index is 11.5. The number of hydrazine groups is 1. The molecule has 2 aliphatic rings. The van der Waals surface area contributed by atoms with Crippen molar-refractivity contribution in [2.75, 3.05) is 31.7 Å². The quantitative estimate of drug-likeness (QED) is 0.854. The zero-order valence-corrected chi connectivity index (χ0v) is 10.7. The topological polar surface area (TPSA) is 35.6 Å². The molecular weight excluding hydrogens is 226 g/mol. The molecule has 0 saturated carbocycles. The van der Waals surface area contributed by atoms with E-state index in [4.69, 9.17) is 0 Å². The Morgan fingerprint density at radius 2 is 2.06 bits per heavy atom. The Morgan fingerprint density at radius 3 is 2.61 bits per heavy atom. The van der Waals surface area contributed by atoms with Gasteiger partial charge in [-0.15, -0.1) is 0 Å². The summed E-state index contributed by atoms with van der Waals surface area (Å²) >= 11 is 0. The van der Waals surface area contributed by atoms with Crippen molar-refractivity contribution in [3.63, 3.8) is 0 Å². The lowest BCUT2D eigenvalue weighted by Gasteiger charge is -2.26. The van der Waals surface area contributed by atoms with Crippen LogP contribution in [0.1, 0.15) is 24.3 Å².